The second-order valence-electron chi connectivity index (χ2n) is 10.8. The molecule has 7 atom stereocenters. The molecular formula is C23H39N. The SMILES string of the molecule is C[C@]12CCCCC1CC[C@@H]1[C@H]2CC[C@]2(C)C(N3CCCC3)CC[C@@H]12. The van der Waals surface area contributed by atoms with Crippen LogP contribution in [0.15, 0.2) is 0 Å². The standard InChI is InChI=1S/C23H39N/c1-22-13-4-3-7-17(22)8-9-18-19-10-11-21(24-15-5-6-16-24)23(19,2)14-12-20(18)22/h17-21H,3-16H2,1-2H3/t17?,18-,19-,20+,21?,22-,23-/m0/s1. The topological polar surface area (TPSA) is 3.24 Å². The number of rotatable bonds is 1. The maximum absolute atomic E-state index is 2.91. The molecule has 1 heterocycles. The van der Waals surface area contributed by atoms with E-state index in [2.05, 4.69) is 18.7 Å². The lowest BCUT2D eigenvalue weighted by Gasteiger charge is -2.61. The van der Waals surface area contributed by atoms with Gasteiger partial charge in [0, 0.05) is 6.04 Å². The summed E-state index contributed by atoms with van der Waals surface area (Å²) in [7, 11) is 0. The van der Waals surface area contributed by atoms with Gasteiger partial charge in [-0.2, -0.15) is 0 Å². The maximum Gasteiger partial charge on any atom is 0.0152 e. The Bertz CT molecular complexity index is 480. The molecule has 5 aliphatic rings. The van der Waals surface area contributed by atoms with E-state index in [1.165, 1.54) is 45.2 Å². The molecule has 0 N–H and O–H groups in total. The first kappa shape index (κ1) is 16.2. The number of hydrogen-bond acceptors (Lipinski definition) is 1. The molecule has 1 saturated heterocycles. The molecule has 0 aromatic carbocycles. The minimum atomic E-state index is 0.656. The molecule has 5 fully saturated rings. The Labute approximate surface area is 149 Å². The first-order chi connectivity index (χ1) is 11.6. The van der Waals surface area contributed by atoms with Gasteiger partial charge in [-0.05, 0) is 112 Å². The molecule has 0 aromatic heterocycles. The van der Waals surface area contributed by atoms with Crippen molar-refractivity contribution >= 4 is 0 Å². The highest BCUT2D eigenvalue weighted by atomic mass is 15.2. The van der Waals surface area contributed by atoms with Crippen LogP contribution in [0.4, 0.5) is 0 Å². The molecule has 5 rings (SSSR count). The van der Waals surface area contributed by atoms with Crippen molar-refractivity contribution in [1.82, 2.24) is 4.90 Å². The summed E-state index contributed by atoms with van der Waals surface area (Å²) in [6, 6.07) is 0.933. The average molecular weight is 330 g/mol. The fourth-order valence-electron chi connectivity index (χ4n) is 8.92. The molecule has 0 amide bonds. The van der Waals surface area contributed by atoms with E-state index >= 15 is 0 Å². The lowest BCUT2D eigenvalue weighted by atomic mass is 9.45. The third kappa shape index (κ3) is 2.15. The van der Waals surface area contributed by atoms with Gasteiger partial charge in [0.05, 0.1) is 0 Å². The van der Waals surface area contributed by atoms with Crippen molar-refractivity contribution in [2.24, 2.45) is 34.5 Å². The number of fused-ring (bicyclic) bond motifs is 5. The lowest BCUT2D eigenvalue weighted by Crippen LogP contribution is -2.55. The molecule has 136 valence electrons. The van der Waals surface area contributed by atoms with Crippen LogP contribution < -0.4 is 0 Å². The third-order valence-electron chi connectivity index (χ3n) is 10.1. The molecule has 2 unspecified atom stereocenters. The van der Waals surface area contributed by atoms with Gasteiger partial charge in [0.25, 0.3) is 0 Å². The molecule has 4 aliphatic carbocycles. The third-order valence-corrected chi connectivity index (χ3v) is 10.1. The van der Waals surface area contributed by atoms with Crippen LogP contribution in [0.1, 0.15) is 90.9 Å². The Hall–Kier alpha value is -0.0400. The highest BCUT2D eigenvalue weighted by Crippen LogP contribution is 2.66. The predicted molar refractivity (Wildman–Crippen MR) is 101 cm³/mol. The highest BCUT2D eigenvalue weighted by Gasteiger charge is 2.60. The van der Waals surface area contributed by atoms with Crippen molar-refractivity contribution < 1.29 is 0 Å². The molecule has 0 aromatic rings. The van der Waals surface area contributed by atoms with E-state index < -0.39 is 0 Å². The van der Waals surface area contributed by atoms with Crippen LogP contribution in [0, 0.1) is 34.5 Å². The summed E-state index contributed by atoms with van der Waals surface area (Å²) in [4.78, 5) is 2.91. The minimum Gasteiger partial charge on any atom is -0.300 e. The number of nitrogens with zero attached hydrogens (tertiary/aromatic N) is 1. The second kappa shape index (κ2) is 5.73. The lowest BCUT2D eigenvalue weighted by molar-refractivity contribution is -0.113. The summed E-state index contributed by atoms with van der Waals surface area (Å²) in [5.41, 5.74) is 1.37. The molecule has 0 spiro atoms. The molecule has 1 aliphatic heterocycles. The van der Waals surface area contributed by atoms with Crippen molar-refractivity contribution in [3.8, 4) is 0 Å². The zero-order valence-electron chi connectivity index (χ0n) is 16.2. The Kier molecular flexibility index (Phi) is 3.86. The van der Waals surface area contributed by atoms with Crippen LogP contribution in [-0.4, -0.2) is 24.0 Å². The van der Waals surface area contributed by atoms with Crippen molar-refractivity contribution in [3.05, 3.63) is 0 Å². The van der Waals surface area contributed by atoms with Gasteiger partial charge in [-0.1, -0.05) is 26.7 Å². The van der Waals surface area contributed by atoms with E-state index in [-0.39, 0.29) is 0 Å². The van der Waals surface area contributed by atoms with E-state index in [0.717, 1.165) is 29.7 Å². The van der Waals surface area contributed by atoms with E-state index in [4.69, 9.17) is 0 Å². The van der Waals surface area contributed by atoms with Gasteiger partial charge in [-0.15, -0.1) is 0 Å². The van der Waals surface area contributed by atoms with Gasteiger partial charge >= 0.3 is 0 Å². The van der Waals surface area contributed by atoms with Gasteiger partial charge in [0.1, 0.15) is 0 Å². The number of likely N-dealkylation sites (tertiary alicyclic amines) is 1. The molecule has 0 bridgehead atoms. The fourth-order valence-corrected chi connectivity index (χ4v) is 8.92. The molecule has 1 nitrogen and oxygen atoms in total. The van der Waals surface area contributed by atoms with E-state index in [1.54, 1.807) is 44.9 Å². The number of hydrogen-bond donors (Lipinski definition) is 0. The summed E-state index contributed by atoms with van der Waals surface area (Å²) < 4.78 is 0. The molecular weight excluding hydrogens is 290 g/mol. The van der Waals surface area contributed by atoms with E-state index in [9.17, 15) is 0 Å². The fraction of sp³-hybridized carbons (Fsp3) is 1.00. The van der Waals surface area contributed by atoms with Crippen LogP contribution in [0.25, 0.3) is 0 Å². The smallest absolute Gasteiger partial charge is 0.0152 e. The van der Waals surface area contributed by atoms with Gasteiger partial charge in [0.15, 0.2) is 0 Å². The molecule has 4 saturated carbocycles. The van der Waals surface area contributed by atoms with Crippen LogP contribution in [0.2, 0.25) is 0 Å². The predicted octanol–water partition coefficient (Wildman–Crippen LogP) is 5.88. The van der Waals surface area contributed by atoms with Crippen molar-refractivity contribution in [2.75, 3.05) is 13.1 Å². The van der Waals surface area contributed by atoms with E-state index in [1.807, 2.05) is 0 Å². The first-order valence-corrected chi connectivity index (χ1v) is 11.4. The molecule has 24 heavy (non-hydrogen) atoms. The Morgan fingerprint density at radius 1 is 0.667 bits per heavy atom. The van der Waals surface area contributed by atoms with Crippen LogP contribution in [-0.2, 0) is 0 Å². The second-order valence-corrected chi connectivity index (χ2v) is 10.8. The Morgan fingerprint density at radius 2 is 1.46 bits per heavy atom. The van der Waals surface area contributed by atoms with Gasteiger partial charge in [-0.3, -0.25) is 4.90 Å². The van der Waals surface area contributed by atoms with Crippen LogP contribution >= 0.6 is 0 Å². The Balaban J connectivity index is 1.41. The quantitative estimate of drug-likeness (QED) is 0.580. The zero-order chi connectivity index (χ0) is 16.4. The van der Waals surface area contributed by atoms with E-state index in [0.29, 0.717) is 10.8 Å². The van der Waals surface area contributed by atoms with Crippen molar-refractivity contribution in [3.63, 3.8) is 0 Å². The zero-order valence-corrected chi connectivity index (χ0v) is 16.2. The van der Waals surface area contributed by atoms with Crippen LogP contribution in [0.5, 0.6) is 0 Å². The minimum absolute atomic E-state index is 0.656. The summed E-state index contributed by atoms with van der Waals surface area (Å²) in [6.45, 7) is 8.25. The Morgan fingerprint density at radius 3 is 2.29 bits per heavy atom. The average Bonchev–Trinajstić information content (AvgIpc) is 3.20. The summed E-state index contributed by atoms with van der Waals surface area (Å²) in [6.07, 6.45) is 18.4. The van der Waals surface area contributed by atoms with Gasteiger partial charge in [-0.25, -0.2) is 0 Å². The van der Waals surface area contributed by atoms with Crippen molar-refractivity contribution in [1.29, 1.82) is 0 Å². The summed E-state index contributed by atoms with van der Waals surface area (Å²) >= 11 is 0. The normalized spacial score (nSPS) is 55.0. The van der Waals surface area contributed by atoms with Gasteiger partial charge in [0.2, 0.25) is 0 Å². The molecule has 1 heteroatoms. The monoisotopic (exact) mass is 329 g/mol. The largest absolute Gasteiger partial charge is 0.300 e. The maximum atomic E-state index is 2.91. The summed E-state index contributed by atoms with van der Waals surface area (Å²) in [5, 5.41) is 0. The summed E-state index contributed by atoms with van der Waals surface area (Å²) in [5.74, 6) is 4.29. The first-order valence-electron chi connectivity index (χ1n) is 11.4. The highest BCUT2D eigenvalue weighted by molar-refractivity contribution is 5.11. The van der Waals surface area contributed by atoms with Crippen molar-refractivity contribution in [2.45, 2.75) is 96.9 Å². The van der Waals surface area contributed by atoms with Crippen LogP contribution in [0.3, 0.4) is 0 Å². The van der Waals surface area contributed by atoms with Gasteiger partial charge < -0.3 is 0 Å². The molecule has 0 radical (unpaired) electrons.